The Morgan fingerprint density at radius 3 is 2.10 bits per heavy atom. The Balaban J connectivity index is 2.05. The molecule has 31 heavy (non-hydrogen) atoms. The minimum absolute atomic E-state index is 0.158. The summed E-state index contributed by atoms with van der Waals surface area (Å²) in [6, 6.07) is 17.1. The topological polar surface area (TPSA) is 60.4 Å². The Morgan fingerprint density at radius 1 is 0.903 bits per heavy atom. The summed E-state index contributed by atoms with van der Waals surface area (Å²) in [7, 11) is -1.86. The maximum atomic E-state index is 13.5. The van der Waals surface area contributed by atoms with E-state index in [9.17, 15) is 13.2 Å². The SMILES string of the molecule is COc1c(Cl)cc(-c2c(-c3ccc(S(C)(=O)=O)cc3)sc3ccccc3c2=O)cc1Cl. The van der Waals surface area contributed by atoms with Crippen LogP contribution in [0, 0.1) is 0 Å². The van der Waals surface area contributed by atoms with Crippen molar-refractivity contribution in [3.05, 3.63) is 80.9 Å². The van der Waals surface area contributed by atoms with Gasteiger partial charge in [0.05, 0.1) is 22.1 Å². The Bertz CT molecular complexity index is 1450. The Kier molecular flexibility index (Phi) is 5.83. The standard InChI is InChI=1S/C23H16Cl2O4S2/c1-29-22-17(24)11-14(12-18(22)25)20-21(26)16-5-3-4-6-19(16)30-23(20)13-7-9-15(10-8-13)31(2,27)28/h3-12H,1-2H3. The molecular weight excluding hydrogens is 475 g/mol. The lowest BCUT2D eigenvalue weighted by molar-refractivity contribution is 0.415. The van der Waals surface area contributed by atoms with Gasteiger partial charge in [0, 0.05) is 26.8 Å². The monoisotopic (exact) mass is 490 g/mol. The molecule has 3 aromatic carbocycles. The van der Waals surface area contributed by atoms with Crippen LogP contribution in [0.1, 0.15) is 0 Å². The van der Waals surface area contributed by atoms with Gasteiger partial charge in [-0.2, -0.15) is 0 Å². The van der Waals surface area contributed by atoms with Gasteiger partial charge in [-0.05, 0) is 47.5 Å². The van der Waals surface area contributed by atoms with Crippen molar-refractivity contribution in [2.75, 3.05) is 13.4 Å². The zero-order valence-corrected chi connectivity index (χ0v) is 19.6. The summed E-state index contributed by atoms with van der Waals surface area (Å²) >= 11 is 14.1. The van der Waals surface area contributed by atoms with Crippen LogP contribution in [0.25, 0.3) is 31.7 Å². The van der Waals surface area contributed by atoms with E-state index in [0.29, 0.717) is 37.2 Å². The van der Waals surface area contributed by atoms with Gasteiger partial charge in [0.1, 0.15) is 0 Å². The number of fused-ring (bicyclic) bond motifs is 1. The third-order valence-corrected chi connectivity index (χ3v) is 7.74. The van der Waals surface area contributed by atoms with Crippen molar-refractivity contribution in [1.29, 1.82) is 0 Å². The molecule has 4 nitrogen and oxygen atoms in total. The van der Waals surface area contributed by atoms with E-state index in [0.717, 1.165) is 16.5 Å². The van der Waals surface area contributed by atoms with Crippen LogP contribution in [-0.4, -0.2) is 21.8 Å². The molecule has 1 aromatic heterocycles. The van der Waals surface area contributed by atoms with Crippen molar-refractivity contribution in [3.63, 3.8) is 0 Å². The normalized spacial score (nSPS) is 11.6. The Labute approximate surface area is 193 Å². The third kappa shape index (κ3) is 4.08. The molecule has 0 aliphatic carbocycles. The molecule has 4 aromatic rings. The van der Waals surface area contributed by atoms with Gasteiger partial charge in [0.25, 0.3) is 0 Å². The largest absolute Gasteiger partial charge is 0.494 e. The summed E-state index contributed by atoms with van der Waals surface area (Å²) in [5, 5.41) is 1.17. The minimum Gasteiger partial charge on any atom is -0.494 e. The fraction of sp³-hybridized carbons (Fsp3) is 0.0870. The predicted molar refractivity (Wildman–Crippen MR) is 129 cm³/mol. The molecule has 0 N–H and O–H groups in total. The van der Waals surface area contributed by atoms with Gasteiger partial charge < -0.3 is 4.74 Å². The number of halogens is 2. The van der Waals surface area contributed by atoms with Gasteiger partial charge in [0.15, 0.2) is 21.0 Å². The van der Waals surface area contributed by atoms with Crippen molar-refractivity contribution >= 4 is 54.5 Å². The molecule has 0 atom stereocenters. The lowest BCUT2D eigenvalue weighted by Gasteiger charge is -2.13. The predicted octanol–water partition coefficient (Wildman–Crippen LogP) is 6.31. The lowest BCUT2D eigenvalue weighted by Crippen LogP contribution is -2.06. The lowest BCUT2D eigenvalue weighted by atomic mass is 10.00. The highest BCUT2D eigenvalue weighted by Gasteiger charge is 2.19. The molecule has 4 rings (SSSR count). The first-order valence-corrected chi connectivity index (χ1v) is 12.6. The second kappa shape index (κ2) is 8.28. The van der Waals surface area contributed by atoms with Crippen LogP contribution in [0.3, 0.4) is 0 Å². The van der Waals surface area contributed by atoms with E-state index in [1.807, 2.05) is 18.2 Å². The van der Waals surface area contributed by atoms with Gasteiger partial charge in [-0.15, -0.1) is 11.3 Å². The first-order chi connectivity index (χ1) is 14.7. The van der Waals surface area contributed by atoms with E-state index in [1.54, 1.807) is 30.3 Å². The van der Waals surface area contributed by atoms with Crippen LogP contribution in [0.15, 0.2) is 70.4 Å². The molecule has 0 radical (unpaired) electrons. The van der Waals surface area contributed by atoms with Crippen LogP contribution < -0.4 is 10.2 Å². The average Bonchev–Trinajstić information content (AvgIpc) is 2.73. The first kappa shape index (κ1) is 21.8. The number of methoxy groups -OCH3 is 1. The average molecular weight is 491 g/mol. The zero-order chi connectivity index (χ0) is 22.3. The molecule has 0 bridgehead atoms. The third-order valence-electron chi connectivity index (χ3n) is 4.83. The smallest absolute Gasteiger partial charge is 0.196 e. The number of hydrogen-bond acceptors (Lipinski definition) is 5. The molecule has 0 amide bonds. The molecular formula is C23H16Cl2O4S2. The second-order valence-corrected chi connectivity index (χ2v) is 10.8. The molecule has 0 saturated carbocycles. The molecule has 0 unspecified atom stereocenters. The summed E-state index contributed by atoms with van der Waals surface area (Å²) in [6.45, 7) is 0. The molecule has 0 aliphatic heterocycles. The van der Waals surface area contributed by atoms with E-state index in [2.05, 4.69) is 0 Å². The molecule has 8 heteroatoms. The number of benzene rings is 3. The van der Waals surface area contributed by atoms with E-state index in [4.69, 9.17) is 27.9 Å². The van der Waals surface area contributed by atoms with E-state index in [-0.39, 0.29) is 10.3 Å². The van der Waals surface area contributed by atoms with Gasteiger partial charge in [-0.3, -0.25) is 4.79 Å². The van der Waals surface area contributed by atoms with E-state index >= 15 is 0 Å². The summed E-state index contributed by atoms with van der Waals surface area (Å²) in [4.78, 5) is 14.4. The fourth-order valence-electron chi connectivity index (χ4n) is 3.36. The van der Waals surface area contributed by atoms with E-state index < -0.39 is 9.84 Å². The first-order valence-electron chi connectivity index (χ1n) is 9.10. The van der Waals surface area contributed by atoms with Crippen LogP contribution >= 0.6 is 34.5 Å². The van der Waals surface area contributed by atoms with Crippen molar-refractivity contribution in [2.45, 2.75) is 4.90 Å². The molecule has 1 heterocycles. The Morgan fingerprint density at radius 2 is 1.52 bits per heavy atom. The molecule has 0 aliphatic rings. The quantitative estimate of drug-likeness (QED) is 0.336. The molecule has 0 spiro atoms. The van der Waals surface area contributed by atoms with Crippen LogP contribution in [0.5, 0.6) is 5.75 Å². The number of ether oxygens (including phenoxy) is 1. The minimum atomic E-state index is -3.33. The number of rotatable bonds is 4. The van der Waals surface area contributed by atoms with Crippen LogP contribution in [-0.2, 0) is 9.84 Å². The van der Waals surface area contributed by atoms with Crippen molar-refractivity contribution in [3.8, 4) is 27.3 Å². The van der Waals surface area contributed by atoms with Crippen molar-refractivity contribution < 1.29 is 13.2 Å². The van der Waals surface area contributed by atoms with Gasteiger partial charge in [-0.1, -0.05) is 47.5 Å². The number of sulfone groups is 1. The zero-order valence-electron chi connectivity index (χ0n) is 16.5. The highest BCUT2D eigenvalue weighted by Crippen LogP contribution is 2.41. The summed E-state index contributed by atoms with van der Waals surface area (Å²) < 4.78 is 29.7. The molecule has 0 fully saturated rings. The van der Waals surface area contributed by atoms with Crippen molar-refractivity contribution in [2.24, 2.45) is 0 Å². The highest BCUT2D eigenvalue weighted by molar-refractivity contribution is 7.90. The van der Waals surface area contributed by atoms with Crippen LogP contribution in [0.4, 0.5) is 0 Å². The Hall–Kier alpha value is -2.38. The fourth-order valence-corrected chi connectivity index (χ4v) is 5.84. The summed E-state index contributed by atoms with van der Waals surface area (Å²) in [5.74, 6) is 0.336. The van der Waals surface area contributed by atoms with Gasteiger partial charge >= 0.3 is 0 Å². The maximum absolute atomic E-state index is 13.5. The molecule has 158 valence electrons. The second-order valence-electron chi connectivity index (χ2n) is 6.90. The highest BCUT2D eigenvalue weighted by atomic mass is 35.5. The van der Waals surface area contributed by atoms with E-state index in [1.165, 1.54) is 30.6 Å². The summed E-state index contributed by atoms with van der Waals surface area (Å²) in [6.07, 6.45) is 1.16. The number of hydrogen-bond donors (Lipinski definition) is 0. The van der Waals surface area contributed by atoms with Gasteiger partial charge in [0.2, 0.25) is 0 Å². The summed E-state index contributed by atoms with van der Waals surface area (Å²) in [5.41, 5.74) is 1.57. The van der Waals surface area contributed by atoms with Crippen LogP contribution in [0.2, 0.25) is 10.0 Å². The van der Waals surface area contributed by atoms with Gasteiger partial charge in [-0.25, -0.2) is 8.42 Å². The van der Waals surface area contributed by atoms with Crippen molar-refractivity contribution in [1.82, 2.24) is 0 Å². The molecule has 0 saturated heterocycles. The maximum Gasteiger partial charge on any atom is 0.196 e.